The second kappa shape index (κ2) is 7.60. The molecule has 0 saturated heterocycles. The summed E-state index contributed by atoms with van der Waals surface area (Å²) in [6.07, 6.45) is -0.801. The zero-order valence-corrected chi connectivity index (χ0v) is 13.2. The second-order valence-corrected chi connectivity index (χ2v) is 6.43. The number of sulfonamides is 1. The molecule has 0 saturated carbocycles. The van der Waals surface area contributed by atoms with Crippen LogP contribution in [0.4, 0.5) is 0 Å². The maximum Gasteiger partial charge on any atom is 0.257 e. The predicted octanol–water partition coefficient (Wildman–Crippen LogP) is 0.124. The average Bonchev–Trinajstić information content (AvgIpc) is 2.43. The van der Waals surface area contributed by atoms with Gasteiger partial charge in [-0.05, 0) is 25.1 Å². The average molecular weight is 337 g/mol. The van der Waals surface area contributed by atoms with Gasteiger partial charge in [0.2, 0.25) is 10.0 Å². The third-order valence-electron chi connectivity index (χ3n) is 2.42. The van der Waals surface area contributed by atoms with Gasteiger partial charge in [0.15, 0.2) is 6.61 Å². The lowest BCUT2D eigenvalue weighted by Gasteiger charge is -2.11. The molecular formula is C12H17ClN2O5S. The molecule has 0 aliphatic heterocycles. The molecule has 1 rings (SSSR count). The number of ether oxygens (including phenoxy) is 1. The number of hydrogen-bond acceptors (Lipinski definition) is 5. The maximum atomic E-state index is 11.9. The molecule has 0 heterocycles. The van der Waals surface area contributed by atoms with Gasteiger partial charge in [0, 0.05) is 13.6 Å². The van der Waals surface area contributed by atoms with Gasteiger partial charge in [-0.25, -0.2) is 13.1 Å². The molecule has 0 aliphatic carbocycles. The van der Waals surface area contributed by atoms with Crippen molar-refractivity contribution in [2.24, 2.45) is 0 Å². The molecule has 1 unspecified atom stereocenters. The number of benzene rings is 1. The van der Waals surface area contributed by atoms with Gasteiger partial charge >= 0.3 is 0 Å². The van der Waals surface area contributed by atoms with Crippen LogP contribution >= 0.6 is 11.6 Å². The van der Waals surface area contributed by atoms with Crippen molar-refractivity contribution >= 4 is 27.5 Å². The van der Waals surface area contributed by atoms with Gasteiger partial charge in [0.25, 0.3) is 5.91 Å². The Morgan fingerprint density at radius 2 is 2.14 bits per heavy atom. The summed E-state index contributed by atoms with van der Waals surface area (Å²) in [5, 5.41) is 11.5. The van der Waals surface area contributed by atoms with Gasteiger partial charge in [-0.15, -0.1) is 0 Å². The minimum Gasteiger partial charge on any atom is -0.482 e. The first kappa shape index (κ1) is 17.7. The zero-order valence-electron chi connectivity index (χ0n) is 11.6. The number of nitrogens with one attached hydrogen (secondary N) is 2. The molecule has 118 valence electrons. The van der Waals surface area contributed by atoms with Crippen molar-refractivity contribution in [3.05, 3.63) is 23.2 Å². The molecule has 1 amide bonds. The van der Waals surface area contributed by atoms with E-state index < -0.39 is 16.1 Å². The lowest BCUT2D eigenvalue weighted by molar-refractivity contribution is -0.122. The van der Waals surface area contributed by atoms with Crippen LogP contribution in [0, 0.1) is 0 Å². The molecule has 0 radical (unpaired) electrons. The van der Waals surface area contributed by atoms with Gasteiger partial charge in [-0.1, -0.05) is 11.6 Å². The number of halogens is 1. The van der Waals surface area contributed by atoms with E-state index in [-0.39, 0.29) is 34.7 Å². The van der Waals surface area contributed by atoms with Gasteiger partial charge in [-0.3, -0.25) is 4.79 Å². The van der Waals surface area contributed by atoms with Crippen LogP contribution in [-0.4, -0.2) is 45.7 Å². The number of rotatable bonds is 7. The van der Waals surface area contributed by atoms with E-state index in [4.69, 9.17) is 21.4 Å². The van der Waals surface area contributed by atoms with Crippen molar-refractivity contribution in [3.8, 4) is 5.75 Å². The first-order chi connectivity index (χ1) is 9.76. The van der Waals surface area contributed by atoms with Crippen LogP contribution in [0.15, 0.2) is 23.1 Å². The molecule has 9 heteroatoms. The van der Waals surface area contributed by atoms with E-state index >= 15 is 0 Å². The molecule has 0 bridgehead atoms. The summed E-state index contributed by atoms with van der Waals surface area (Å²) in [4.78, 5) is 11.0. The monoisotopic (exact) mass is 336 g/mol. The minimum absolute atomic E-state index is 0.0551. The molecule has 0 spiro atoms. The summed E-state index contributed by atoms with van der Waals surface area (Å²) in [5.74, 6) is -0.129. The fourth-order valence-electron chi connectivity index (χ4n) is 1.29. The van der Waals surface area contributed by atoms with Gasteiger partial charge in [0.1, 0.15) is 5.75 Å². The minimum atomic E-state index is -3.76. The van der Waals surface area contributed by atoms with E-state index in [2.05, 4.69) is 10.0 Å². The number of aliphatic hydroxyl groups is 1. The number of carbonyl (C=O) groups is 1. The van der Waals surface area contributed by atoms with E-state index in [1.807, 2.05) is 0 Å². The van der Waals surface area contributed by atoms with Crippen LogP contribution in [0.3, 0.4) is 0 Å². The molecule has 7 nitrogen and oxygen atoms in total. The summed E-state index contributed by atoms with van der Waals surface area (Å²) in [6.45, 7) is 1.14. The van der Waals surface area contributed by atoms with Crippen LogP contribution in [0.2, 0.25) is 5.02 Å². The predicted molar refractivity (Wildman–Crippen MR) is 77.9 cm³/mol. The Morgan fingerprint density at radius 3 is 2.67 bits per heavy atom. The normalized spacial score (nSPS) is 12.8. The van der Waals surface area contributed by atoms with Crippen molar-refractivity contribution in [1.29, 1.82) is 0 Å². The van der Waals surface area contributed by atoms with E-state index in [1.165, 1.54) is 32.2 Å². The summed E-state index contributed by atoms with van der Waals surface area (Å²) >= 11 is 5.93. The van der Waals surface area contributed by atoms with Crippen molar-refractivity contribution in [3.63, 3.8) is 0 Å². The standard InChI is InChI=1S/C12H17ClN2O5S/c1-8(16)6-15-21(18,19)9-3-4-11(10(13)5-9)20-7-12(17)14-2/h3-5,8,15-16H,6-7H2,1-2H3,(H,14,17). The number of likely N-dealkylation sites (N-methyl/N-ethyl adjacent to an activating group) is 1. The van der Waals surface area contributed by atoms with Gasteiger partial charge in [-0.2, -0.15) is 0 Å². The smallest absolute Gasteiger partial charge is 0.257 e. The van der Waals surface area contributed by atoms with Crippen molar-refractivity contribution in [1.82, 2.24) is 10.0 Å². The molecule has 0 aliphatic rings. The summed E-state index contributed by atoms with van der Waals surface area (Å²) in [7, 11) is -2.29. The van der Waals surface area contributed by atoms with E-state index in [1.54, 1.807) is 0 Å². The topological polar surface area (TPSA) is 105 Å². The Kier molecular flexibility index (Phi) is 6.41. The zero-order chi connectivity index (χ0) is 16.0. The highest BCUT2D eigenvalue weighted by atomic mass is 35.5. The highest BCUT2D eigenvalue weighted by Crippen LogP contribution is 2.27. The summed E-state index contributed by atoms with van der Waals surface area (Å²) < 4.78 is 31.2. The van der Waals surface area contributed by atoms with Crippen molar-refractivity contribution in [2.45, 2.75) is 17.9 Å². The fourth-order valence-corrected chi connectivity index (χ4v) is 2.74. The lowest BCUT2D eigenvalue weighted by Crippen LogP contribution is -2.30. The van der Waals surface area contributed by atoms with Gasteiger partial charge < -0.3 is 15.2 Å². The molecule has 3 N–H and O–H groups in total. The molecule has 21 heavy (non-hydrogen) atoms. The van der Waals surface area contributed by atoms with Crippen molar-refractivity contribution < 1.29 is 23.1 Å². The van der Waals surface area contributed by atoms with E-state index in [9.17, 15) is 13.2 Å². The van der Waals surface area contributed by atoms with E-state index in [0.29, 0.717) is 0 Å². The Morgan fingerprint density at radius 1 is 1.48 bits per heavy atom. The molecule has 1 aromatic rings. The fraction of sp³-hybridized carbons (Fsp3) is 0.417. The van der Waals surface area contributed by atoms with Crippen molar-refractivity contribution in [2.75, 3.05) is 20.2 Å². The quantitative estimate of drug-likeness (QED) is 0.656. The first-order valence-corrected chi connectivity index (χ1v) is 7.93. The summed E-state index contributed by atoms with van der Waals surface area (Å²) in [6, 6.07) is 3.88. The molecule has 1 aromatic carbocycles. The summed E-state index contributed by atoms with van der Waals surface area (Å²) in [5.41, 5.74) is 0. The van der Waals surface area contributed by atoms with Crippen LogP contribution in [-0.2, 0) is 14.8 Å². The second-order valence-electron chi connectivity index (χ2n) is 4.25. The number of amides is 1. The Labute approximate surface area is 128 Å². The van der Waals surface area contributed by atoms with Gasteiger partial charge in [0.05, 0.1) is 16.0 Å². The van der Waals surface area contributed by atoms with Crippen LogP contribution < -0.4 is 14.8 Å². The largest absolute Gasteiger partial charge is 0.482 e. The highest BCUT2D eigenvalue weighted by molar-refractivity contribution is 7.89. The van der Waals surface area contributed by atoms with E-state index in [0.717, 1.165) is 0 Å². The third kappa shape index (κ3) is 5.50. The molecule has 1 atom stereocenters. The van der Waals surface area contributed by atoms with Crippen LogP contribution in [0.1, 0.15) is 6.92 Å². The first-order valence-electron chi connectivity index (χ1n) is 6.07. The number of carbonyl (C=O) groups excluding carboxylic acids is 1. The van der Waals surface area contributed by atoms with Crippen LogP contribution in [0.25, 0.3) is 0 Å². The molecule has 0 aromatic heterocycles. The number of aliphatic hydroxyl groups excluding tert-OH is 1. The molecular weight excluding hydrogens is 320 g/mol. The highest BCUT2D eigenvalue weighted by Gasteiger charge is 2.16. The Hall–Kier alpha value is -1.35. The lowest BCUT2D eigenvalue weighted by atomic mass is 10.3. The Bertz CT molecular complexity index is 604. The Balaban J connectivity index is 2.84. The maximum absolute atomic E-state index is 11.9. The molecule has 0 fully saturated rings. The third-order valence-corrected chi connectivity index (χ3v) is 4.14. The van der Waals surface area contributed by atoms with Crippen LogP contribution in [0.5, 0.6) is 5.75 Å². The number of hydrogen-bond donors (Lipinski definition) is 3. The SMILES string of the molecule is CNC(=O)COc1ccc(S(=O)(=O)NCC(C)O)cc1Cl.